The van der Waals surface area contributed by atoms with Crippen LogP contribution in [0.25, 0.3) is 11.1 Å². The molecule has 1 aliphatic heterocycles. The van der Waals surface area contributed by atoms with Gasteiger partial charge in [-0.15, -0.1) is 0 Å². The number of hydrogen-bond donors (Lipinski definition) is 1. The number of fused-ring (bicyclic) bond motifs is 1. The summed E-state index contributed by atoms with van der Waals surface area (Å²) in [6.07, 6.45) is 0.370. The Hall–Kier alpha value is -2.18. The number of carboxylic acid groups (broad SMARTS) is 1. The summed E-state index contributed by atoms with van der Waals surface area (Å²) in [5, 5.41) is 9.16. The summed E-state index contributed by atoms with van der Waals surface area (Å²) in [5.74, 6) is -1.49. The van der Waals surface area contributed by atoms with Crippen LogP contribution < -0.4 is 0 Å². The Balaban J connectivity index is 1.93. The molecule has 3 rings (SSSR count). The summed E-state index contributed by atoms with van der Waals surface area (Å²) in [6.45, 7) is 2.08. The quantitative estimate of drug-likeness (QED) is 0.876. The highest BCUT2D eigenvalue weighted by atomic mass is 19.1. The largest absolute Gasteiger partial charge is 0.465 e. The summed E-state index contributed by atoms with van der Waals surface area (Å²) in [5.41, 5.74) is 0.0230. The smallest absolute Gasteiger partial charge is 0.407 e. The molecular weight excluding hydrogens is 282 g/mol. The van der Waals surface area contributed by atoms with Gasteiger partial charge in [0.25, 0.3) is 0 Å². The second kappa shape index (κ2) is 4.98. The van der Waals surface area contributed by atoms with Crippen molar-refractivity contribution < 1.29 is 23.1 Å². The monoisotopic (exact) mass is 296 g/mol. The number of oxazole rings is 1. The van der Waals surface area contributed by atoms with E-state index in [1.807, 2.05) is 6.92 Å². The van der Waals surface area contributed by atoms with Gasteiger partial charge in [-0.3, -0.25) is 0 Å². The highest BCUT2D eigenvalue weighted by molar-refractivity contribution is 5.73. The standard InChI is InChI=1S/C14H14F2N2O3/c1-7-2-3-8(6-18(7)14(19)20)13-17-12-10(16)4-9(15)5-11(12)21-13/h4-5,7-8H,2-3,6H2,1H3,(H,19,20)/t7-,8-/m1/s1. The van der Waals surface area contributed by atoms with Crippen molar-refractivity contribution in [3.8, 4) is 0 Å². The molecule has 1 aliphatic rings. The van der Waals surface area contributed by atoms with E-state index in [1.165, 1.54) is 4.90 Å². The number of nitrogens with zero attached hydrogens (tertiary/aromatic N) is 2. The van der Waals surface area contributed by atoms with Gasteiger partial charge in [0, 0.05) is 24.7 Å². The lowest BCUT2D eigenvalue weighted by molar-refractivity contribution is 0.102. The summed E-state index contributed by atoms with van der Waals surface area (Å²) in [6, 6.07) is 1.76. The molecule has 1 aromatic heterocycles. The van der Waals surface area contributed by atoms with Crippen molar-refractivity contribution in [2.45, 2.75) is 31.7 Å². The maximum Gasteiger partial charge on any atom is 0.407 e. The molecule has 1 amide bonds. The molecule has 21 heavy (non-hydrogen) atoms. The second-order valence-corrected chi connectivity index (χ2v) is 5.34. The highest BCUT2D eigenvalue weighted by Gasteiger charge is 2.32. The zero-order valence-corrected chi connectivity index (χ0v) is 11.3. The molecule has 2 atom stereocenters. The molecule has 1 N–H and O–H groups in total. The molecule has 0 unspecified atom stereocenters. The van der Waals surface area contributed by atoms with Crippen molar-refractivity contribution in [2.24, 2.45) is 0 Å². The number of benzene rings is 1. The fourth-order valence-electron chi connectivity index (χ4n) is 2.72. The minimum absolute atomic E-state index is 0.0214. The summed E-state index contributed by atoms with van der Waals surface area (Å²) in [7, 11) is 0. The third-order valence-corrected chi connectivity index (χ3v) is 3.91. The molecule has 1 saturated heterocycles. The highest BCUT2D eigenvalue weighted by Crippen LogP contribution is 2.32. The van der Waals surface area contributed by atoms with Crippen LogP contribution in [-0.2, 0) is 0 Å². The number of rotatable bonds is 1. The molecule has 0 bridgehead atoms. The number of carbonyl (C=O) groups is 1. The summed E-state index contributed by atoms with van der Waals surface area (Å²) in [4.78, 5) is 16.6. The van der Waals surface area contributed by atoms with Crippen LogP contribution in [0.1, 0.15) is 31.6 Å². The Bertz CT molecular complexity index is 701. The van der Waals surface area contributed by atoms with Gasteiger partial charge in [-0.2, -0.15) is 0 Å². The molecule has 0 radical (unpaired) electrons. The van der Waals surface area contributed by atoms with E-state index in [0.717, 1.165) is 12.1 Å². The molecular formula is C14H14F2N2O3. The fraction of sp³-hybridized carbons (Fsp3) is 0.429. The molecule has 7 heteroatoms. The molecule has 1 aromatic carbocycles. The van der Waals surface area contributed by atoms with Crippen LogP contribution in [0, 0.1) is 11.6 Å². The van der Waals surface area contributed by atoms with E-state index < -0.39 is 17.7 Å². The number of piperidine rings is 1. The molecule has 0 saturated carbocycles. The topological polar surface area (TPSA) is 66.6 Å². The van der Waals surface area contributed by atoms with Gasteiger partial charge >= 0.3 is 6.09 Å². The van der Waals surface area contributed by atoms with Crippen LogP contribution in [-0.4, -0.2) is 33.7 Å². The van der Waals surface area contributed by atoms with Crippen LogP contribution in [0.3, 0.4) is 0 Å². The van der Waals surface area contributed by atoms with Crippen molar-refractivity contribution in [1.29, 1.82) is 0 Å². The van der Waals surface area contributed by atoms with Crippen molar-refractivity contribution >= 4 is 17.2 Å². The average Bonchev–Trinajstić information content (AvgIpc) is 2.83. The van der Waals surface area contributed by atoms with Gasteiger partial charge in [0.1, 0.15) is 11.3 Å². The van der Waals surface area contributed by atoms with Gasteiger partial charge in [0.05, 0.1) is 5.92 Å². The Morgan fingerprint density at radius 3 is 2.90 bits per heavy atom. The lowest BCUT2D eigenvalue weighted by atomic mass is 9.94. The molecule has 0 aliphatic carbocycles. The normalized spacial score (nSPS) is 22.7. The minimum atomic E-state index is -1.000. The molecule has 112 valence electrons. The molecule has 2 aromatic rings. The molecule has 1 fully saturated rings. The van der Waals surface area contributed by atoms with E-state index in [0.29, 0.717) is 12.8 Å². The average molecular weight is 296 g/mol. The minimum Gasteiger partial charge on any atom is -0.465 e. The van der Waals surface area contributed by atoms with Gasteiger partial charge in [0.15, 0.2) is 17.3 Å². The predicted molar refractivity (Wildman–Crippen MR) is 70.1 cm³/mol. The number of halogens is 2. The summed E-state index contributed by atoms with van der Waals surface area (Å²) < 4.78 is 32.2. The number of hydrogen-bond acceptors (Lipinski definition) is 3. The maximum atomic E-state index is 13.6. The van der Waals surface area contributed by atoms with Crippen LogP contribution in [0.5, 0.6) is 0 Å². The van der Waals surface area contributed by atoms with Crippen molar-refractivity contribution in [2.75, 3.05) is 6.54 Å². The van der Waals surface area contributed by atoms with Gasteiger partial charge in [-0.1, -0.05) is 0 Å². The van der Waals surface area contributed by atoms with Crippen molar-refractivity contribution in [1.82, 2.24) is 9.88 Å². The summed E-state index contributed by atoms with van der Waals surface area (Å²) >= 11 is 0. The predicted octanol–water partition coefficient (Wildman–Crippen LogP) is 3.35. The third-order valence-electron chi connectivity index (χ3n) is 3.91. The van der Waals surface area contributed by atoms with Crippen LogP contribution in [0.15, 0.2) is 16.5 Å². The molecule has 5 nitrogen and oxygen atoms in total. The first-order valence-corrected chi connectivity index (χ1v) is 6.70. The van der Waals surface area contributed by atoms with Crippen LogP contribution in [0.4, 0.5) is 13.6 Å². The van der Waals surface area contributed by atoms with E-state index in [4.69, 9.17) is 9.52 Å². The zero-order chi connectivity index (χ0) is 15.1. The van der Waals surface area contributed by atoms with Gasteiger partial charge in [-0.05, 0) is 19.8 Å². The van der Waals surface area contributed by atoms with E-state index in [2.05, 4.69) is 4.98 Å². The Kier molecular flexibility index (Phi) is 3.27. The first kappa shape index (κ1) is 13.8. The van der Waals surface area contributed by atoms with E-state index in [1.54, 1.807) is 0 Å². The SMILES string of the molecule is C[C@@H]1CC[C@@H](c2nc3c(F)cc(F)cc3o2)CN1C(=O)O. The lowest BCUT2D eigenvalue weighted by Crippen LogP contribution is -2.44. The van der Waals surface area contributed by atoms with Gasteiger partial charge < -0.3 is 14.4 Å². The zero-order valence-electron chi connectivity index (χ0n) is 11.3. The second-order valence-electron chi connectivity index (χ2n) is 5.34. The van der Waals surface area contributed by atoms with E-state index in [9.17, 15) is 13.6 Å². The Morgan fingerprint density at radius 1 is 1.43 bits per heavy atom. The number of amides is 1. The molecule has 0 spiro atoms. The van der Waals surface area contributed by atoms with Crippen molar-refractivity contribution in [3.63, 3.8) is 0 Å². The Morgan fingerprint density at radius 2 is 2.19 bits per heavy atom. The third kappa shape index (κ3) is 2.43. The first-order valence-electron chi connectivity index (χ1n) is 6.70. The van der Waals surface area contributed by atoms with Gasteiger partial charge in [0.2, 0.25) is 0 Å². The maximum absolute atomic E-state index is 13.6. The first-order chi connectivity index (χ1) is 9.95. The van der Waals surface area contributed by atoms with Crippen molar-refractivity contribution in [3.05, 3.63) is 29.7 Å². The van der Waals surface area contributed by atoms with Crippen LogP contribution >= 0.6 is 0 Å². The molecule has 2 heterocycles. The number of aromatic nitrogens is 1. The number of likely N-dealkylation sites (tertiary alicyclic amines) is 1. The van der Waals surface area contributed by atoms with E-state index in [-0.39, 0.29) is 35.5 Å². The van der Waals surface area contributed by atoms with Gasteiger partial charge in [-0.25, -0.2) is 18.6 Å². The fourth-order valence-corrected chi connectivity index (χ4v) is 2.72. The van der Waals surface area contributed by atoms with E-state index >= 15 is 0 Å². The lowest BCUT2D eigenvalue weighted by Gasteiger charge is -2.34. The van der Waals surface area contributed by atoms with Crippen LogP contribution in [0.2, 0.25) is 0 Å². The Labute approximate surface area is 119 Å².